The third-order valence-electron chi connectivity index (χ3n) is 4.09. The molecule has 1 heterocycles. The first kappa shape index (κ1) is 19.6. The number of benzene rings is 2. The summed E-state index contributed by atoms with van der Waals surface area (Å²) in [5.74, 6) is 1.43. The second-order valence-electron chi connectivity index (χ2n) is 5.97. The summed E-state index contributed by atoms with van der Waals surface area (Å²) in [5, 5.41) is 14.7. The Kier molecular flexibility index (Phi) is 6.22. The maximum Gasteiger partial charge on any atom is 0.274 e. The monoisotopic (exact) mass is 389 g/mol. The Labute approximate surface area is 168 Å². The average Bonchev–Trinajstić information content (AvgIpc) is 2.78. The standard InChI is InChI=1S/C21H19N5O3/c1-28-18-8-5-15(9-19(18)29-2)12-23-20-10-17(24-13-25-20)21(27)26-16-6-3-14(11-22)4-7-16/h3-10,13H,12H2,1-2H3,(H,26,27)(H,23,24,25). The van der Waals surface area contributed by atoms with Crippen LogP contribution in [0, 0.1) is 11.3 Å². The summed E-state index contributed by atoms with van der Waals surface area (Å²) in [6, 6.07) is 15.8. The summed E-state index contributed by atoms with van der Waals surface area (Å²) in [6.07, 6.45) is 1.32. The fourth-order valence-electron chi connectivity index (χ4n) is 2.58. The van der Waals surface area contributed by atoms with Gasteiger partial charge in [0.25, 0.3) is 5.91 Å². The molecule has 3 rings (SSSR count). The van der Waals surface area contributed by atoms with E-state index in [4.69, 9.17) is 14.7 Å². The van der Waals surface area contributed by atoms with Crippen molar-refractivity contribution >= 4 is 17.4 Å². The number of ether oxygens (including phenoxy) is 2. The Hall–Kier alpha value is -4.12. The van der Waals surface area contributed by atoms with Gasteiger partial charge in [-0.05, 0) is 42.0 Å². The van der Waals surface area contributed by atoms with E-state index in [1.807, 2.05) is 24.3 Å². The third kappa shape index (κ3) is 4.99. The van der Waals surface area contributed by atoms with Crippen LogP contribution in [0.2, 0.25) is 0 Å². The minimum absolute atomic E-state index is 0.221. The van der Waals surface area contributed by atoms with E-state index in [2.05, 4.69) is 20.6 Å². The van der Waals surface area contributed by atoms with E-state index < -0.39 is 0 Å². The molecule has 0 saturated carbocycles. The van der Waals surface area contributed by atoms with Crippen LogP contribution in [0.1, 0.15) is 21.6 Å². The number of rotatable bonds is 7. The van der Waals surface area contributed by atoms with Crippen LogP contribution in [0.15, 0.2) is 54.9 Å². The zero-order valence-electron chi connectivity index (χ0n) is 16.0. The largest absolute Gasteiger partial charge is 0.493 e. The van der Waals surface area contributed by atoms with E-state index in [1.165, 1.54) is 6.33 Å². The van der Waals surface area contributed by atoms with Gasteiger partial charge >= 0.3 is 0 Å². The molecule has 2 N–H and O–H groups in total. The summed E-state index contributed by atoms with van der Waals surface area (Å²) < 4.78 is 10.5. The molecule has 0 atom stereocenters. The molecule has 8 heteroatoms. The molecule has 0 spiro atoms. The number of aromatic nitrogens is 2. The van der Waals surface area contributed by atoms with Crippen LogP contribution in [0.4, 0.5) is 11.5 Å². The molecular weight excluding hydrogens is 370 g/mol. The predicted octanol–water partition coefficient (Wildman–Crippen LogP) is 3.23. The second kappa shape index (κ2) is 9.19. The summed E-state index contributed by atoms with van der Waals surface area (Å²) in [4.78, 5) is 20.6. The predicted molar refractivity (Wildman–Crippen MR) is 108 cm³/mol. The van der Waals surface area contributed by atoms with Crippen LogP contribution in [0.5, 0.6) is 11.5 Å². The lowest BCUT2D eigenvalue weighted by Gasteiger charge is -2.11. The molecule has 8 nitrogen and oxygen atoms in total. The highest BCUT2D eigenvalue weighted by Crippen LogP contribution is 2.27. The van der Waals surface area contributed by atoms with Crippen LogP contribution in [-0.4, -0.2) is 30.1 Å². The molecule has 0 saturated heterocycles. The molecular formula is C21H19N5O3. The van der Waals surface area contributed by atoms with Crippen molar-refractivity contribution < 1.29 is 14.3 Å². The molecule has 1 amide bonds. The Morgan fingerprint density at radius 2 is 1.79 bits per heavy atom. The Morgan fingerprint density at radius 1 is 1.03 bits per heavy atom. The van der Waals surface area contributed by atoms with Crippen LogP contribution in [0.25, 0.3) is 0 Å². The Morgan fingerprint density at radius 3 is 2.48 bits per heavy atom. The Bertz CT molecular complexity index is 1040. The molecule has 3 aromatic rings. The number of nitrogens with zero attached hydrogens (tertiary/aromatic N) is 3. The van der Waals surface area contributed by atoms with E-state index in [1.54, 1.807) is 44.6 Å². The van der Waals surface area contributed by atoms with Crippen LogP contribution in [0.3, 0.4) is 0 Å². The van der Waals surface area contributed by atoms with Crippen molar-refractivity contribution in [3.8, 4) is 17.6 Å². The van der Waals surface area contributed by atoms with Crippen molar-refractivity contribution in [2.75, 3.05) is 24.9 Å². The molecule has 0 aliphatic carbocycles. The molecule has 1 aromatic heterocycles. The minimum atomic E-state index is -0.369. The molecule has 29 heavy (non-hydrogen) atoms. The minimum Gasteiger partial charge on any atom is -0.493 e. The SMILES string of the molecule is COc1ccc(CNc2cc(C(=O)Nc3ccc(C#N)cc3)ncn2)cc1OC. The van der Waals surface area contributed by atoms with E-state index in [-0.39, 0.29) is 11.6 Å². The number of hydrogen-bond acceptors (Lipinski definition) is 7. The summed E-state index contributed by atoms with van der Waals surface area (Å²) in [6.45, 7) is 0.480. The molecule has 0 radical (unpaired) electrons. The van der Waals surface area contributed by atoms with E-state index in [9.17, 15) is 4.79 Å². The topological polar surface area (TPSA) is 109 Å². The highest BCUT2D eigenvalue weighted by molar-refractivity contribution is 6.03. The lowest BCUT2D eigenvalue weighted by molar-refractivity contribution is 0.102. The van der Waals surface area contributed by atoms with Gasteiger partial charge in [-0.15, -0.1) is 0 Å². The Balaban J connectivity index is 1.66. The van der Waals surface area contributed by atoms with Gasteiger partial charge in [-0.25, -0.2) is 9.97 Å². The molecule has 0 unspecified atom stereocenters. The van der Waals surface area contributed by atoms with E-state index >= 15 is 0 Å². The number of amides is 1. The van der Waals surface area contributed by atoms with Crippen LogP contribution >= 0.6 is 0 Å². The van der Waals surface area contributed by atoms with Gasteiger partial charge in [0.15, 0.2) is 11.5 Å². The number of carbonyl (C=O) groups is 1. The normalized spacial score (nSPS) is 9.97. The van der Waals surface area contributed by atoms with Crippen LogP contribution in [-0.2, 0) is 6.54 Å². The maximum absolute atomic E-state index is 12.4. The average molecular weight is 389 g/mol. The zero-order valence-corrected chi connectivity index (χ0v) is 16.0. The zero-order chi connectivity index (χ0) is 20.6. The summed E-state index contributed by atoms with van der Waals surface area (Å²) in [7, 11) is 3.17. The highest BCUT2D eigenvalue weighted by atomic mass is 16.5. The number of carbonyl (C=O) groups excluding carboxylic acids is 1. The lowest BCUT2D eigenvalue weighted by atomic mass is 10.2. The third-order valence-corrected chi connectivity index (χ3v) is 4.09. The number of methoxy groups -OCH3 is 2. The first-order valence-corrected chi connectivity index (χ1v) is 8.71. The van der Waals surface area contributed by atoms with Gasteiger partial charge in [0.05, 0.1) is 25.9 Å². The van der Waals surface area contributed by atoms with Gasteiger partial charge in [-0.3, -0.25) is 4.79 Å². The lowest BCUT2D eigenvalue weighted by Crippen LogP contribution is -2.14. The van der Waals surface area contributed by atoms with Gasteiger partial charge in [0.2, 0.25) is 0 Å². The van der Waals surface area contributed by atoms with Gasteiger partial charge in [-0.2, -0.15) is 5.26 Å². The smallest absolute Gasteiger partial charge is 0.274 e. The van der Waals surface area contributed by atoms with E-state index in [0.29, 0.717) is 35.1 Å². The van der Waals surface area contributed by atoms with Crippen molar-refractivity contribution in [2.24, 2.45) is 0 Å². The molecule has 0 bridgehead atoms. The molecule has 146 valence electrons. The summed E-state index contributed by atoms with van der Waals surface area (Å²) >= 11 is 0. The van der Waals surface area contributed by atoms with Crippen molar-refractivity contribution in [2.45, 2.75) is 6.54 Å². The van der Waals surface area contributed by atoms with Gasteiger partial charge < -0.3 is 20.1 Å². The van der Waals surface area contributed by atoms with Crippen molar-refractivity contribution in [3.63, 3.8) is 0 Å². The van der Waals surface area contributed by atoms with Crippen molar-refractivity contribution in [1.82, 2.24) is 9.97 Å². The second-order valence-corrected chi connectivity index (χ2v) is 5.97. The fraction of sp³-hybridized carbons (Fsp3) is 0.143. The number of nitrogens with one attached hydrogen (secondary N) is 2. The number of hydrogen-bond donors (Lipinski definition) is 2. The van der Waals surface area contributed by atoms with Crippen LogP contribution < -0.4 is 20.1 Å². The van der Waals surface area contributed by atoms with Gasteiger partial charge in [0.1, 0.15) is 17.8 Å². The van der Waals surface area contributed by atoms with Gasteiger partial charge in [-0.1, -0.05) is 6.07 Å². The fourth-order valence-corrected chi connectivity index (χ4v) is 2.58. The number of nitriles is 1. The maximum atomic E-state index is 12.4. The summed E-state index contributed by atoms with van der Waals surface area (Å²) in [5.41, 5.74) is 2.28. The van der Waals surface area contributed by atoms with E-state index in [0.717, 1.165) is 5.56 Å². The molecule has 2 aromatic carbocycles. The highest BCUT2D eigenvalue weighted by Gasteiger charge is 2.10. The molecule has 0 aliphatic rings. The number of anilines is 2. The first-order valence-electron chi connectivity index (χ1n) is 8.71. The van der Waals surface area contributed by atoms with Crippen molar-refractivity contribution in [1.29, 1.82) is 5.26 Å². The van der Waals surface area contributed by atoms with Gasteiger partial charge in [0, 0.05) is 18.3 Å². The first-order chi connectivity index (χ1) is 14.1. The van der Waals surface area contributed by atoms with Crippen molar-refractivity contribution in [3.05, 3.63) is 71.7 Å². The molecule has 0 aliphatic heterocycles. The molecule has 0 fully saturated rings. The quantitative estimate of drug-likeness (QED) is 0.638.